The average Bonchev–Trinajstić information content (AvgIpc) is 2.35. The first-order valence-electron chi connectivity index (χ1n) is 5.92. The molecule has 4 nitrogen and oxygen atoms in total. The topological polar surface area (TPSA) is 63.8 Å². The van der Waals surface area contributed by atoms with Crippen LogP contribution in [0, 0.1) is 11.6 Å². The van der Waals surface area contributed by atoms with Gasteiger partial charge in [0, 0.05) is 11.6 Å². The van der Waals surface area contributed by atoms with Crippen LogP contribution in [0.4, 0.5) is 26.1 Å². The molecule has 2 rings (SSSR count). The van der Waals surface area contributed by atoms with Gasteiger partial charge in [-0.3, -0.25) is 0 Å². The molecule has 0 unspecified atom stereocenters. The van der Waals surface area contributed by atoms with Crippen molar-refractivity contribution in [3.05, 3.63) is 40.1 Å². The van der Waals surface area contributed by atoms with E-state index in [1.54, 1.807) is 0 Å². The molecule has 0 aliphatic heterocycles. The fourth-order valence-electron chi connectivity index (χ4n) is 1.82. The van der Waals surface area contributed by atoms with Gasteiger partial charge in [-0.1, -0.05) is 13.8 Å². The predicted molar refractivity (Wildman–Crippen MR) is 77.9 cm³/mol. The zero-order valence-electron chi connectivity index (χ0n) is 10.9. The lowest BCUT2D eigenvalue weighted by atomic mass is 10.0. The number of hydrogen-bond acceptors (Lipinski definition) is 4. The van der Waals surface area contributed by atoms with Crippen molar-refractivity contribution < 1.29 is 8.78 Å². The largest absolute Gasteiger partial charge is 0.383 e. The number of nitrogens with one attached hydrogen (secondary N) is 1. The number of nitrogen functional groups attached to an aromatic ring is 1. The Morgan fingerprint density at radius 3 is 2.55 bits per heavy atom. The molecule has 1 aromatic carbocycles. The van der Waals surface area contributed by atoms with E-state index in [0.717, 1.165) is 6.07 Å². The van der Waals surface area contributed by atoms with Gasteiger partial charge in [-0.15, -0.1) is 0 Å². The monoisotopic (exact) mass is 342 g/mol. The smallest absolute Gasteiger partial charge is 0.149 e. The molecular formula is C13H13BrF2N4. The molecule has 0 amide bonds. The summed E-state index contributed by atoms with van der Waals surface area (Å²) in [6, 6.07) is 2.11. The zero-order valence-corrected chi connectivity index (χ0v) is 12.5. The maximum absolute atomic E-state index is 13.8. The van der Waals surface area contributed by atoms with Gasteiger partial charge in [0.2, 0.25) is 0 Å². The van der Waals surface area contributed by atoms with Gasteiger partial charge < -0.3 is 11.1 Å². The van der Waals surface area contributed by atoms with Crippen LogP contribution in [0.2, 0.25) is 0 Å². The highest BCUT2D eigenvalue weighted by molar-refractivity contribution is 9.10. The number of benzene rings is 1. The van der Waals surface area contributed by atoms with Gasteiger partial charge >= 0.3 is 0 Å². The van der Waals surface area contributed by atoms with Crippen molar-refractivity contribution >= 4 is 33.3 Å². The van der Waals surface area contributed by atoms with Crippen LogP contribution in [-0.4, -0.2) is 9.97 Å². The van der Waals surface area contributed by atoms with Crippen LogP contribution in [-0.2, 0) is 0 Å². The van der Waals surface area contributed by atoms with Crippen LogP contribution in [0.1, 0.15) is 25.3 Å². The molecule has 0 saturated carbocycles. The molecule has 0 fully saturated rings. The van der Waals surface area contributed by atoms with E-state index in [-0.39, 0.29) is 16.1 Å². The van der Waals surface area contributed by atoms with Crippen LogP contribution in [0.5, 0.6) is 0 Å². The molecule has 0 aliphatic carbocycles. The maximum atomic E-state index is 13.8. The lowest BCUT2D eigenvalue weighted by Gasteiger charge is -2.15. The summed E-state index contributed by atoms with van der Waals surface area (Å²) in [6.45, 7) is 3.86. The Morgan fingerprint density at radius 1 is 1.20 bits per heavy atom. The first-order valence-corrected chi connectivity index (χ1v) is 6.71. The number of rotatable bonds is 3. The number of nitrogens with two attached hydrogens (primary N) is 1. The number of aromatic nitrogens is 2. The van der Waals surface area contributed by atoms with E-state index in [4.69, 9.17) is 5.73 Å². The lowest BCUT2D eigenvalue weighted by Crippen LogP contribution is -2.07. The molecule has 2 aromatic rings. The van der Waals surface area contributed by atoms with Gasteiger partial charge in [0.25, 0.3) is 0 Å². The van der Waals surface area contributed by atoms with Crippen molar-refractivity contribution in [2.45, 2.75) is 19.8 Å². The highest BCUT2D eigenvalue weighted by atomic mass is 79.9. The van der Waals surface area contributed by atoms with Crippen LogP contribution in [0.25, 0.3) is 0 Å². The predicted octanol–water partition coefficient (Wildman–Crippen LogP) is 3.97. The highest BCUT2D eigenvalue weighted by Crippen LogP contribution is 2.31. The number of hydrogen-bond donors (Lipinski definition) is 2. The second kappa shape index (κ2) is 5.70. The third-order valence-electron chi connectivity index (χ3n) is 2.76. The van der Waals surface area contributed by atoms with E-state index in [2.05, 4.69) is 31.2 Å². The van der Waals surface area contributed by atoms with Gasteiger partial charge in [0.15, 0.2) is 0 Å². The normalized spacial score (nSPS) is 10.9. The van der Waals surface area contributed by atoms with Crippen molar-refractivity contribution in [1.29, 1.82) is 0 Å². The molecule has 106 valence electrons. The van der Waals surface area contributed by atoms with Crippen LogP contribution >= 0.6 is 15.9 Å². The summed E-state index contributed by atoms with van der Waals surface area (Å²) in [5, 5.41) is 2.83. The van der Waals surface area contributed by atoms with E-state index in [1.165, 1.54) is 12.4 Å². The Balaban J connectivity index is 2.45. The Kier molecular flexibility index (Phi) is 4.17. The Morgan fingerprint density at radius 2 is 1.90 bits per heavy atom. The van der Waals surface area contributed by atoms with Crippen LogP contribution in [0.15, 0.2) is 22.9 Å². The fourth-order valence-corrected chi connectivity index (χ4v) is 2.17. The zero-order chi connectivity index (χ0) is 14.9. The van der Waals surface area contributed by atoms with E-state index in [1.807, 2.05) is 13.8 Å². The molecule has 1 heterocycles. The first kappa shape index (κ1) is 14.6. The molecule has 20 heavy (non-hydrogen) atoms. The Hall–Kier alpha value is -1.76. The van der Waals surface area contributed by atoms with Crippen molar-refractivity contribution in [1.82, 2.24) is 9.97 Å². The fraction of sp³-hybridized carbons (Fsp3) is 0.231. The molecule has 0 saturated heterocycles. The van der Waals surface area contributed by atoms with Gasteiger partial charge in [-0.05, 0) is 27.9 Å². The maximum Gasteiger partial charge on any atom is 0.149 e. The summed E-state index contributed by atoms with van der Waals surface area (Å²) < 4.78 is 27.1. The first-order chi connectivity index (χ1) is 9.40. The van der Waals surface area contributed by atoms with Crippen LogP contribution < -0.4 is 11.1 Å². The second-order valence-corrected chi connectivity index (χ2v) is 5.40. The van der Waals surface area contributed by atoms with Crippen LogP contribution in [0.3, 0.4) is 0 Å². The third-order valence-corrected chi connectivity index (χ3v) is 3.36. The van der Waals surface area contributed by atoms with E-state index < -0.39 is 11.6 Å². The molecule has 0 aliphatic rings. The summed E-state index contributed by atoms with van der Waals surface area (Å²) in [6.07, 6.45) is 1.29. The molecule has 7 heteroatoms. The Bertz CT molecular complexity index is 647. The minimum Gasteiger partial charge on any atom is -0.383 e. The van der Waals surface area contributed by atoms with Gasteiger partial charge in [0.1, 0.15) is 29.6 Å². The molecule has 0 atom stereocenters. The highest BCUT2D eigenvalue weighted by Gasteiger charge is 2.15. The second-order valence-electron chi connectivity index (χ2n) is 4.55. The summed E-state index contributed by atoms with van der Waals surface area (Å²) >= 11 is 3.02. The van der Waals surface area contributed by atoms with E-state index >= 15 is 0 Å². The third kappa shape index (κ3) is 2.87. The van der Waals surface area contributed by atoms with Gasteiger partial charge in [-0.25, -0.2) is 18.7 Å². The molecule has 0 radical (unpaired) electrons. The Labute approximate surface area is 123 Å². The molecule has 0 bridgehead atoms. The van der Waals surface area contributed by atoms with E-state index in [0.29, 0.717) is 17.2 Å². The molecular weight excluding hydrogens is 330 g/mol. The minimum atomic E-state index is -0.711. The van der Waals surface area contributed by atoms with E-state index in [9.17, 15) is 8.78 Å². The number of anilines is 3. The standard InChI is InChI=1S/C13H13BrF2N4/c1-6(2)11-12(17)18-5-19-13(11)20-10-3-7(14)8(15)4-9(10)16/h3-6H,1-2H3,(H3,17,18,19,20). The molecule has 0 spiro atoms. The lowest BCUT2D eigenvalue weighted by molar-refractivity contribution is 0.581. The molecule has 1 aromatic heterocycles. The van der Waals surface area contributed by atoms with Gasteiger partial charge in [0.05, 0.1) is 10.2 Å². The average molecular weight is 343 g/mol. The van der Waals surface area contributed by atoms with Crippen molar-refractivity contribution in [2.75, 3.05) is 11.1 Å². The van der Waals surface area contributed by atoms with Crippen molar-refractivity contribution in [3.63, 3.8) is 0 Å². The summed E-state index contributed by atoms with van der Waals surface area (Å²) in [5.41, 5.74) is 6.61. The number of nitrogens with zero attached hydrogens (tertiary/aromatic N) is 2. The molecule has 3 N–H and O–H groups in total. The SMILES string of the molecule is CC(C)c1c(N)ncnc1Nc1cc(Br)c(F)cc1F. The summed E-state index contributed by atoms with van der Waals surface area (Å²) in [5.74, 6) is -0.577. The summed E-state index contributed by atoms with van der Waals surface area (Å²) in [7, 11) is 0. The number of halogens is 3. The summed E-state index contributed by atoms with van der Waals surface area (Å²) in [4.78, 5) is 7.99. The van der Waals surface area contributed by atoms with Crippen molar-refractivity contribution in [3.8, 4) is 0 Å². The van der Waals surface area contributed by atoms with Crippen molar-refractivity contribution in [2.24, 2.45) is 0 Å². The minimum absolute atomic E-state index is 0.0608. The quantitative estimate of drug-likeness (QED) is 0.828. The van der Waals surface area contributed by atoms with Gasteiger partial charge in [-0.2, -0.15) is 0 Å².